The maximum atomic E-state index is 12.2. The summed E-state index contributed by atoms with van der Waals surface area (Å²) in [5.74, 6) is -0.984. The highest BCUT2D eigenvalue weighted by Crippen LogP contribution is 2.28. The third-order valence-electron chi connectivity index (χ3n) is 5.51. The SMILES string of the molecule is Cc1cc(=O)[nH]c(NC(=O)NCCCCCCCC(=O)C[C@H]2C(O)O[C@H](CO)C(O)[C@@H]2O)n1. The van der Waals surface area contributed by atoms with Gasteiger partial charge >= 0.3 is 6.03 Å². The molecule has 1 saturated heterocycles. The van der Waals surface area contributed by atoms with E-state index in [2.05, 4.69) is 20.6 Å². The molecule has 12 heteroatoms. The van der Waals surface area contributed by atoms with Crippen LogP contribution in [-0.2, 0) is 9.53 Å². The van der Waals surface area contributed by atoms with Crippen molar-refractivity contribution < 1.29 is 34.8 Å². The van der Waals surface area contributed by atoms with Crippen LogP contribution in [0.5, 0.6) is 0 Å². The first-order valence-corrected chi connectivity index (χ1v) is 11.2. The summed E-state index contributed by atoms with van der Waals surface area (Å²) in [5.41, 5.74) is 0.156. The number of ketones is 1. The van der Waals surface area contributed by atoms with Crippen LogP contribution < -0.4 is 16.2 Å². The van der Waals surface area contributed by atoms with Crippen LogP contribution >= 0.6 is 0 Å². The Bertz CT molecular complexity index is 833. The van der Waals surface area contributed by atoms with Gasteiger partial charge < -0.3 is 30.5 Å². The zero-order valence-electron chi connectivity index (χ0n) is 18.7. The van der Waals surface area contributed by atoms with Gasteiger partial charge in [-0.3, -0.25) is 19.9 Å². The van der Waals surface area contributed by atoms with E-state index >= 15 is 0 Å². The van der Waals surface area contributed by atoms with Crippen molar-refractivity contribution in [2.24, 2.45) is 5.92 Å². The van der Waals surface area contributed by atoms with Crippen molar-refractivity contribution in [1.82, 2.24) is 15.3 Å². The summed E-state index contributed by atoms with van der Waals surface area (Å²) < 4.78 is 5.06. The fourth-order valence-corrected chi connectivity index (χ4v) is 3.71. The summed E-state index contributed by atoms with van der Waals surface area (Å²) >= 11 is 0. The summed E-state index contributed by atoms with van der Waals surface area (Å²) in [6, 6.07) is 0.867. The number of aliphatic hydroxyl groups excluding tert-OH is 4. The highest BCUT2D eigenvalue weighted by Gasteiger charge is 2.44. The van der Waals surface area contributed by atoms with Gasteiger partial charge in [0.2, 0.25) is 5.95 Å². The largest absolute Gasteiger partial charge is 0.394 e. The number of Topliss-reactive ketones (excluding diaryl/α,β-unsaturated/α-hetero) is 1. The molecule has 0 aliphatic carbocycles. The highest BCUT2D eigenvalue weighted by atomic mass is 16.6. The maximum absolute atomic E-state index is 12.2. The van der Waals surface area contributed by atoms with Gasteiger partial charge in [0.1, 0.15) is 18.0 Å². The van der Waals surface area contributed by atoms with Crippen LogP contribution in [0.4, 0.5) is 10.7 Å². The van der Waals surface area contributed by atoms with E-state index in [1.54, 1.807) is 6.92 Å². The minimum atomic E-state index is -1.42. The Morgan fingerprint density at radius 3 is 2.52 bits per heavy atom. The van der Waals surface area contributed by atoms with Gasteiger partial charge in [0.25, 0.3) is 5.56 Å². The van der Waals surface area contributed by atoms with Crippen LogP contribution in [0.15, 0.2) is 10.9 Å². The molecule has 33 heavy (non-hydrogen) atoms. The van der Waals surface area contributed by atoms with E-state index < -0.39 is 43.2 Å². The normalized spacial score (nSPS) is 24.9. The summed E-state index contributed by atoms with van der Waals surface area (Å²) in [6.45, 7) is 1.57. The Labute approximate surface area is 191 Å². The summed E-state index contributed by atoms with van der Waals surface area (Å²) in [4.78, 5) is 41.8. The number of nitrogens with one attached hydrogen (secondary N) is 3. The molecule has 12 nitrogen and oxygen atoms in total. The van der Waals surface area contributed by atoms with E-state index in [9.17, 15) is 29.7 Å². The lowest BCUT2D eigenvalue weighted by Gasteiger charge is -2.39. The molecule has 7 N–H and O–H groups in total. The van der Waals surface area contributed by atoms with Gasteiger partial charge in [-0.2, -0.15) is 0 Å². The van der Waals surface area contributed by atoms with E-state index in [1.165, 1.54) is 6.07 Å². The number of nitrogens with zero attached hydrogens (tertiary/aromatic N) is 1. The summed E-state index contributed by atoms with van der Waals surface area (Å²) in [5, 5.41) is 44.1. The fourth-order valence-electron chi connectivity index (χ4n) is 3.71. The number of aliphatic hydroxyl groups is 4. The number of H-pyrrole nitrogens is 1. The standard InChI is InChI=1S/C21H34N4O8/c1-12-9-16(28)24-20(23-12)25-21(32)22-8-6-4-2-3-5-7-13(27)10-14-17(29)18(30)15(11-26)33-19(14)31/h9,14-15,17-19,26,29-31H,2-8,10-11H2,1H3,(H3,22,23,24,25,28,32)/t14-,15-,17-,18?,19?/m1/s1. The Balaban J connectivity index is 1.53. The number of hydrogen-bond acceptors (Lipinski definition) is 9. The zero-order chi connectivity index (χ0) is 24.4. The molecule has 5 atom stereocenters. The number of unbranched alkanes of at least 4 members (excludes halogenated alkanes) is 4. The van der Waals surface area contributed by atoms with Crippen LogP contribution in [0.1, 0.15) is 50.6 Å². The van der Waals surface area contributed by atoms with Gasteiger partial charge in [-0.1, -0.05) is 19.3 Å². The quantitative estimate of drug-likeness (QED) is 0.198. The lowest BCUT2D eigenvalue weighted by molar-refractivity contribution is -0.269. The van der Waals surface area contributed by atoms with Crippen LogP contribution in [0.2, 0.25) is 0 Å². The van der Waals surface area contributed by atoms with Crippen LogP contribution in [0.3, 0.4) is 0 Å². The molecule has 2 amide bonds. The van der Waals surface area contributed by atoms with E-state index in [4.69, 9.17) is 9.84 Å². The van der Waals surface area contributed by atoms with Crippen molar-refractivity contribution in [2.75, 3.05) is 18.5 Å². The van der Waals surface area contributed by atoms with E-state index in [0.29, 0.717) is 18.7 Å². The number of anilines is 1. The first-order chi connectivity index (χ1) is 15.7. The number of aromatic amines is 1. The van der Waals surface area contributed by atoms with Crippen molar-refractivity contribution in [2.45, 2.75) is 76.5 Å². The predicted octanol–water partition coefficient (Wildman–Crippen LogP) is -0.453. The molecule has 1 fully saturated rings. The van der Waals surface area contributed by atoms with Gasteiger partial charge in [0, 0.05) is 37.1 Å². The monoisotopic (exact) mass is 470 g/mol. The van der Waals surface area contributed by atoms with E-state index in [-0.39, 0.29) is 30.1 Å². The molecular weight excluding hydrogens is 436 g/mol. The van der Waals surface area contributed by atoms with Crippen molar-refractivity contribution >= 4 is 17.8 Å². The number of urea groups is 1. The predicted molar refractivity (Wildman–Crippen MR) is 117 cm³/mol. The van der Waals surface area contributed by atoms with Gasteiger partial charge in [0.05, 0.1) is 12.7 Å². The Kier molecular flexibility index (Phi) is 10.9. The van der Waals surface area contributed by atoms with Gasteiger partial charge in [-0.25, -0.2) is 9.78 Å². The molecular formula is C21H34N4O8. The molecule has 0 bridgehead atoms. The van der Waals surface area contributed by atoms with Crippen molar-refractivity contribution in [3.63, 3.8) is 0 Å². The molecule has 186 valence electrons. The first-order valence-electron chi connectivity index (χ1n) is 11.2. The van der Waals surface area contributed by atoms with Crippen LogP contribution in [0, 0.1) is 12.8 Å². The third-order valence-corrected chi connectivity index (χ3v) is 5.51. The van der Waals surface area contributed by atoms with Crippen molar-refractivity contribution in [3.8, 4) is 0 Å². The molecule has 1 aromatic rings. The molecule has 0 saturated carbocycles. The lowest BCUT2D eigenvalue weighted by Crippen LogP contribution is -2.56. The number of aryl methyl sites for hydroxylation is 1. The Morgan fingerprint density at radius 1 is 1.12 bits per heavy atom. The average molecular weight is 471 g/mol. The molecule has 1 aromatic heterocycles. The molecule has 2 heterocycles. The highest BCUT2D eigenvalue weighted by molar-refractivity contribution is 5.87. The number of rotatable bonds is 12. The van der Waals surface area contributed by atoms with E-state index in [0.717, 1.165) is 25.7 Å². The topological polar surface area (TPSA) is 194 Å². The molecule has 2 rings (SSSR count). The Morgan fingerprint density at radius 2 is 1.82 bits per heavy atom. The third kappa shape index (κ3) is 8.82. The van der Waals surface area contributed by atoms with Gasteiger partial charge in [-0.15, -0.1) is 0 Å². The first kappa shape index (κ1) is 26.9. The number of ether oxygens (including phenoxy) is 1. The second-order valence-electron chi connectivity index (χ2n) is 8.27. The van der Waals surface area contributed by atoms with Crippen LogP contribution in [-0.4, -0.2) is 80.0 Å². The van der Waals surface area contributed by atoms with Crippen LogP contribution in [0.25, 0.3) is 0 Å². The fraction of sp³-hybridized carbons (Fsp3) is 0.714. The molecule has 0 aromatic carbocycles. The second-order valence-corrected chi connectivity index (χ2v) is 8.27. The minimum absolute atomic E-state index is 0.0877. The van der Waals surface area contributed by atoms with Crippen molar-refractivity contribution in [1.29, 1.82) is 0 Å². The lowest BCUT2D eigenvalue weighted by atomic mass is 9.86. The number of amides is 2. The molecule has 2 unspecified atom stereocenters. The molecule has 1 aliphatic rings. The van der Waals surface area contributed by atoms with Gasteiger partial charge in [0.15, 0.2) is 6.29 Å². The number of carbonyl (C=O) groups excluding carboxylic acids is 2. The maximum Gasteiger partial charge on any atom is 0.321 e. The molecule has 1 aliphatic heterocycles. The van der Waals surface area contributed by atoms with Crippen molar-refractivity contribution in [3.05, 3.63) is 22.1 Å². The summed E-state index contributed by atoms with van der Waals surface area (Å²) in [6.07, 6.45) is -1.08. The second kappa shape index (κ2) is 13.4. The van der Waals surface area contributed by atoms with E-state index in [1.807, 2.05) is 0 Å². The number of aromatic nitrogens is 2. The number of carbonyl (C=O) groups is 2. The summed E-state index contributed by atoms with van der Waals surface area (Å²) in [7, 11) is 0. The van der Waals surface area contributed by atoms with Gasteiger partial charge in [-0.05, 0) is 19.8 Å². The smallest absolute Gasteiger partial charge is 0.321 e. The Hall–Kier alpha value is -2.38. The number of hydrogen-bond donors (Lipinski definition) is 7. The molecule has 0 spiro atoms. The zero-order valence-corrected chi connectivity index (χ0v) is 18.7. The average Bonchev–Trinajstić information content (AvgIpc) is 2.74. The molecule has 0 radical (unpaired) electrons. The minimum Gasteiger partial charge on any atom is -0.394 e.